The lowest BCUT2D eigenvalue weighted by Crippen LogP contribution is -2.20. The number of unbranched alkanes of at least 4 members (excludes halogenated alkanes) is 3. The summed E-state index contributed by atoms with van der Waals surface area (Å²) in [5.74, 6) is 0.114. The molecule has 0 saturated carbocycles. The molecule has 0 bridgehead atoms. The molecule has 0 radical (unpaired) electrons. The molecular weight excluding hydrogens is 258 g/mol. The van der Waals surface area contributed by atoms with Gasteiger partial charge in [-0.2, -0.15) is 0 Å². The van der Waals surface area contributed by atoms with Crippen LogP contribution in [0.25, 0.3) is 0 Å². The van der Waals surface area contributed by atoms with Crippen LogP contribution in [0, 0.1) is 12.3 Å². The first kappa shape index (κ1) is 17.7. The van der Waals surface area contributed by atoms with Gasteiger partial charge in [-0.05, 0) is 42.4 Å². The molecule has 0 fully saturated rings. The zero-order chi connectivity index (χ0) is 15.9. The predicted octanol–water partition coefficient (Wildman–Crippen LogP) is 5.49. The molecule has 0 aliphatic heterocycles. The number of hydrogen-bond acceptors (Lipinski definition) is 1. The Hall–Kier alpha value is -1.31. The first-order valence-corrected chi connectivity index (χ1v) is 8.22. The van der Waals surface area contributed by atoms with E-state index in [1.165, 1.54) is 36.8 Å². The molecule has 0 aliphatic carbocycles. The van der Waals surface area contributed by atoms with Gasteiger partial charge < -0.3 is 5.32 Å². The van der Waals surface area contributed by atoms with Crippen LogP contribution < -0.4 is 5.32 Å². The van der Waals surface area contributed by atoms with Gasteiger partial charge in [-0.25, -0.2) is 0 Å². The Balaban J connectivity index is 2.72. The first-order chi connectivity index (χ1) is 9.83. The van der Waals surface area contributed by atoms with E-state index in [9.17, 15) is 4.79 Å². The number of benzene rings is 1. The maximum Gasteiger partial charge on any atom is 0.224 e. The van der Waals surface area contributed by atoms with Gasteiger partial charge >= 0.3 is 0 Å². The van der Waals surface area contributed by atoms with Gasteiger partial charge in [0.05, 0.1) is 0 Å². The van der Waals surface area contributed by atoms with Gasteiger partial charge in [0.1, 0.15) is 0 Å². The van der Waals surface area contributed by atoms with E-state index in [0.29, 0.717) is 6.42 Å². The third kappa shape index (κ3) is 6.79. The van der Waals surface area contributed by atoms with Crippen molar-refractivity contribution >= 4 is 11.6 Å². The highest BCUT2D eigenvalue weighted by atomic mass is 16.1. The lowest BCUT2D eigenvalue weighted by atomic mass is 9.91. The molecule has 0 heterocycles. The summed E-state index contributed by atoms with van der Waals surface area (Å²) < 4.78 is 0. The molecule has 0 saturated heterocycles. The van der Waals surface area contributed by atoms with E-state index in [1.807, 2.05) is 12.1 Å². The van der Waals surface area contributed by atoms with Crippen molar-refractivity contribution in [2.45, 2.75) is 73.1 Å². The largest absolute Gasteiger partial charge is 0.326 e. The van der Waals surface area contributed by atoms with Crippen molar-refractivity contribution in [1.82, 2.24) is 0 Å². The molecule has 0 aromatic heterocycles. The molecule has 1 aromatic rings. The van der Waals surface area contributed by atoms with Crippen molar-refractivity contribution in [3.8, 4) is 0 Å². The van der Waals surface area contributed by atoms with Crippen molar-refractivity contribution < 1.29 is 4.79 Å². The summed E-state index contributed by atoms with van der Waals surface area (Å²) in [4.78, 5) is 12.2. The third-order valence-electron chi connectivity index (χ3n) is 3.66. The number of anilines is 1. The van der Waals surface area contributed by atoms with E-state index in [0.717, 1.165) is 12.1 Å². The Morgan fingerprint density at radius 3 is 2.48 bits per heavy atom. The summed E-state index contributed by atoms with van der Waals surface area (Å²) >= 11 is 0. The van der Waals surface area contributed by atoms with Crippen LogP contribution >= 0.6 is 0 Å². The second-order valence-corrected chi connectivity index (χ2v) is 7.20. The highest BCUT2D eigenvalue weighted by Gasteiger charge is 2.17. The SMILES string of the molecule is CCCCCCc1c(C)cccc1NC(=O)CC(C)(C)C. The number of nitrogens with one attached hydrogen (secondary N) is 1. The average Bonchev–Trinajstić information content (AvgIpc) is 2.35. The summed E-state index contributed by atoms with van der Waals surface area (Å²) in [6.07, 6.45) is 6.61. The lowest BCUT2D eigenvalue weighted by molar-refractivity contribution is -0.117. The highest BCUT2D eigenvalue weighted by Crippen LogP contribution is 2.24. The molecule has 0 unspecified atom stereocenters. The summed E-state index contributed by atoms with van der Waals surface area (Å²) in [6, 6.07) is 6.19. The van der Waals surface area contributed by atoms with Crippen molar-refractivity contribution in [3.63, 3.8) is 0 Å². The fourth-order valence-electron chi connectivity index (χ4n) is 2.56. The normalized spacial score (nSPS) is 11.5. The van der Waals surface area contributed by atoms with Gasteiger partial charge in [0.15, 0.2) is 0 Å². The molecule has 1 amide bonds. The van der Waals surface area contributed by atoms with Gasteiger partial charge in [-0.1, -0.05) is 59.1 Å². The molecule has 2 heteroatoms. The Kier molecular flexibility index (Phi) is 6.94. The summed E-state index contributed by atoms with van der Waals surface area (Å²) in [6.45, 7) is 10.6. The Labute approximate surface area is 130 Å². The molecule has 118 valence electrons. The van der Waals surface area contributed by atoms with E-state index in [4.69, 9.17) is 0 Å². The topological polar surface area (TPSA) is 29.1 Å². The molecule has 21 heavy (non-hydrogen) atoms. The van der Waals surface area contributed by atoms with Crippen molar-refractivity contribution in [1.29, 1.82) is 0 Å². The Morgan fingerprint density at radius 1 is 1.14 bits per heavy atom. The third-order valence-corrected chi connectivity index (χ3v) is 3.66. The molecule has 1 rings (SSSR count). The fourth-order valence-corrected chi connectivity index (χ4v) is 2.56. The van der Waals surface area contributed by atoms with Crippen LogP contribution in [0.4, 0.5) is 5.69 Å². The summed E-state index contributed by atoms with van der Waals surface area (Å²) in [7, 11) is 0. The zero-order valence-corrected chi connectivity index (χ0v) is 14.4. The molecule has 1 N–H and O–H groups in total. The first-order valence-electron chi connectivity index (χ1n) is 8.22. The van der Waals surface area contributed by atoms with E-state index in [1.54, 1.807) is 0 Å². The van der Waals surface area contributed by atoms with E-state index < -0.39 is 0 Å². The minimum absolute atomic E-state index is 0.0230. The smallest absolute Gasteiger partial charge is 0.224 e. The number of rotatable bonds is 7. The van der Waals surface area contributed by atoms with Gasteiger partial charge in [0.25, 0.3) is 0 Å². The molecular formula is C19H31NO. The fraction of sp³-hybridized carbons (Fsp3) is 0.632. The van der Waals surface area contributed by atoms with Crippen LogP contribution in [-0.4, -0.2) is 5.91 Å². The number of amides is 1. The monoisotopic (exact) mass is 289 g/mol. The van der Waals surface area contributed by atoms with Crippen molar-refractivity contribution in [2.75, 3.05) is 5.32 Å². The lowest BCUT2D eigenvalue weighted by Gasteiger charge is -2.19. The maximum absolute atomic E-state index is 12.2. The second-order valence-electron chi connectivity index (χ2n) is 7.20. The van der Waals surface area contributed by atoms with Gasteiger partial charge in [0.2, 0.25) is 5.91 Å². The van der Waals surface area contributed by atoms with Crippen LogP contribution in [0.2, 0.25) is 0 Å². The van der Waals surface area contributed by atoms with Gasteiger partial charge in [0, 0.05) is 12.1 Å². The zero-order valence-electron chi connectivity index (χ0n) is 14.4. The van der Waals surface area contributed by atoms with Crippen LogP contribution in [-0.2, 0) is 11.2 Å². The quantitative estimate of drug-likeness (QED) is 0.660. The number of carbonyl (C=O) groups is 1. The highest BCUT2D eigenvalue weighted by molar-refractivity contribution is 5.92. The minimum Gasteiger partial charge on any atom is -0.326 e. The van der Waals surface area contributed by atoms with E-state index in [2.05, 4.69) is 46.0 Å². The standard InChI is InChI=1S/C19H31NO/c1-6-7-8-9-12-16-15(2)11-10-13-17(16)20-18(21)14-19(3,4)5/h10-11,13H,6-9,12,14H2,1-5H3,(H,20,21). The molecule has 0 atom stereocenters. The molecule has 0 aliphatic rings. The van der Waals surface area contributed by atoms with Crippen LogP contribution in [0.1, 0.15) is 70.9 Å². The van der Waals surface area contributed by atoms with Crippen LogP contribution in [0.3, 0.4) is 0 Å². The van der Waals surface area contributed by atoms with E-state index >= 15 is 0 Å². The second kappa shape index (κ2) is 8.21. The average molecular weight is 289 g/mol. The molecule has 2 nitrogen and oxygen atoms in total. The number of hydrogen-bond donors (Lipinski definition) is 1. The Morgan fingerprint density at radius 2 is 1.86 bits per heavy atom. The van der Waals surface area contributed by atoms with Crippen molar-refractivity contribution in [3.05, 3.63) is 29.3 Å². The minimum atomic E-state index is 0.0230. The van der Waals surface area contributed by atoms with E-state index in [-0.39, 0.29) is 11.3 Å². The predicted molar refractivity (Wildman–Crippen MR) is 91.7 cm³/mol. The summed E-state index contributed by atoms with van der Waals surface area (Å²) in [5.41, 5.74) is 3.60. The molecule has 1 aromatic carbocycles. The number of aryl methyl sites for hydroxylation is 1. The van der Waals surface area contributed by atoms with Gasteiger partial charge in [-0.3, -0.25) is 4.79 Å². The van der Waals surface area contributed by atoms with Crippen molar-refractivity contribution in [2.24, 2.45) is 5.41 Å². The summed E-state index contributed by atoms with van der Waals surface area (Å²) in [5, 5.41) is 3.11. The maximum atomic E-state index is 12.2. The van der Waals surface area contributed by atoms with Crippen LogP contribution in [0.5, 0.6) is 0 Å². The van der Waals surface area contributed by atoms with Crippen LogP contribution in [0.15, 0.2) is 18.2 Å². The molecule has 0 spiro atoms. The number of carbonyl (C=O) groups excluding carboxylic acids is 1. The van der Waals surface area contributed by atoms with Gasteiger partial charge in [-0.15, -0.1) is 0 Å². The Bertz CT molecular complexity index is 457.